The molecule has 2 nitrogen and oxygen atoms in total. The summed E-state index contributed by atoms with van der Waals surface area (Å²) in [6.07, 6.45) is 2.02. The van der Waals surface area contributed by atoms with Crippen molar-refractivity contribution in [3.05, 3.63) is 29.6 Å². The Kier molecular flexibility index (Phi) is 3.48. The summed E-state index contributed by atoms with van der Waals surface area (Å²) < 4.78 is 19.7. The first-order chi connectivity index (χ1) is 9.12. The van der Waals surface area contributed by atoms with E-state index >= 15 is 0 Å². The quantitative estimate of drug-likeness (QED) is 0.896. The minimum Gasteiger partial charge on any atom is -0.486 e. The zero-order chi connectivity index (χ0) is 13.5. The highest BCUT2D eigenvalue weighted by Gasteiger charge is 2.45. The summed E-state index contributed by atoms with van der Waals surface area (Å²) in [6, 6.07) is 5.09. The fourth-order valence-electron chi connectivity index (χ4n) is 3.22. The van der Waals surface area contributed by atoms with E-state index in [2.05, 4.69) is 19.2 Å². The van der Waals surface area contributed by atoms with Crippen molar-refractivity contribution < 1.29 is 9.13 Å². The van der Waals surface area contributed by atoms with Crippen molar-refractivity contribution in [3.63, 3.8) is 0 Å². The molecular formula is C15H20FNOS. The summed E-state index contributed by atoms with van der Waals surface area (Å²) in [5, 5.41) is 4.12. The maximum absolute atomic E-state index is 13.5. The molecule has 1 spiro atoms. The van der Waals surface area contributed by atoms with Crippen LogP contribution in [0.1, 0.15) is 38.3 Å². The normalized spacial score (nSPS) is 33.2. The first-order valence-corrected chi connectivity index (χ1v) is 8.00. The van der Waals surface area contributed by atoms with Crippen molar-refractivity contribution in [2.45, 2.75) is 43.6 Å². The molecule has 0 saturated carbocycles. The second kappa shape index (κ2) is 4.98. The van der Waals surface area contributed by atoms with Crippen LogP contribution in [-0.2, 0) is 0 Å². The smallest absolute Gasteiger partial charge is 0.125 e. The second-order valence-electron chi connectivity index (χ2n) is 5.61. The fraction of sp³-hybridized carbons (Fsp3) is 0.600. The van der Waals surface area contributed by atoms with Crippen LogP contribution in [0.4, 0.5) is 4.39 Å². The van der Waals surface area contributed by atoms with Crippen LogP contribution in [0.5, 0.6) is 5.75 Å². The van der Waals surface area contributed by atoms with Crippen LogP contribution in [0, 0.1) is 5.82 Å². The summed E-state index contributed by atoms with van der Waals surface area (Å²) in [4.78, 5) is 0. The number of hydrogen-bond donors (Lipinski definition) is 1. The number of fused-ring (bicyclic) bond motifs is 1. The van der Waals surface area contributed by atoms with E-state index in [0.717, 1.165) is 36.5 Å². The molecule has 0 amide bonds. The highest BCUT2D eigenvalue weighted by atomic mass is 32.2. The Balaban J connectivity index is 1.95. The van der Waals surface area contributed by atoms with Gasteiger partial charge in [-0.1, -0.05) is 13.8 Å². The summed E-state index contributed by atoms with van der Waals surface area (Å²) in [7, 11) is 0. The molecule has 3 rings (SSSR count). The molecule has 2 aliphatic rings. The molecule has 0 radical (unpaired) electrons. The lowest BCUT2D eigenvalue weighted by molar-refractivity contribution is 0.0514. The Bertz CT molecular complexity index is 481. The van der Waals surface area contributed by atoms with E-state index < -0.39 is 0 Å². The zero-order valence-electron chi connectivity index (χ0n) is 11.4. The van der Waals surface area contributed by atoms with E-state index in [1.807, 2.05) is 11.8 Å². The van der Waals surface area contributed by atoms with E-state index in [-0.39, 0.29) is 17.5 Å². The van der Waals surface area contributed by atoms with Gasteiger partial charge < -0.3 is 10.1 Å². The predicted octanol–water partition coefficient (Wildman–Crippen LogP) is 3.52. The second-order valence-corrected chi connectivity index (χ2v) is 7.03. The molecule has 3 atom stereocenters. The van der Waals surface area contributed by atoms with E-state index in [1.54, 1.807) is 12.1 Å². The standard InChI is InChI=1S/C15H20FNOS/c1-3-17-13-8-15(7-10(2)19-9-15)18-14-5-4-11(16)6-12(13)14/h4-6,10,13,17H,3,7-9H2,1-2H3. The summed E-state index contributed by atoms with van der Waals surface area (Å²) in [5.41, 5.74) is 0.902. The van der Waals surface area contributed by atoms with Gasteiger partial charge in [-0.05, 0) is 31.2 Å². The monoisotopic (exact) mass is 281 g/mol. The molecule has 1 fully saturated rings. The Labute approximate surface area is 118 Å². The van der Waals surface area contributed by atoms with Crippen LogP contribution in [0.15, 0.2) is 18.2 Å². The summed E-state index contributed by atoms with van der Waals surface area (Å²) in [6.45, 7) is 5.23. The van der Waals surface area contributed by atoms with Gasteiger partial charge in [0.25, 0.3) is 0 Å². The lowest BCUT2D eigenvalue weighted by Gasteiger charge is -2.40. The van der Waals surface area contributed by atoms with Gasteiger partial charge in [0.2, 0.25) is 0 Å². The topological polar surface area (TPSA) is 21.3 Å². The molecule has 1 aromatic rings. The van der Waals surface area contributed by atoms with Gasteiger partial charge in [0.05, 0.1) is 0 Å². The highest BCUT2D eigenvalue weighted by molar-refractivity contribution is 8.00. The number of rotatable bonds is 2. The third kappa shape index (κ3) is 2.48. The van der Waals surface area contributed by atoms with Gasteiger partial charge in [0.15, 0.2) is 0 Å². The van der Waals surface area contributed by atoms with Crippen LogP contribution < -0.4 is 10.1 Å². The summed E-state index contributed by atoms with van der Waals surface area (Å²) >= 11 is 1.97. The van der Waals surface area contributed by atoms with Crippen LogP contribution in [0.25, 0.3) is 0 Å². The van der Waals surface area contributed by atoms with E-state index in [9.17, 15) is 4.39 Å². The molecular weight excluding hydrogens is 261 g/mol. The van der Waals surface area contributed by atoms with Gasteiger partial charge in [0, 0.05) is 29.0 Å². The number of thioether (sulfide) groups is 1. The van der Waals surface area contributed by atoms with E-state index in [4.69, 9.17) is 4.74 Å². The van der Waals surface area contributed by atoms with Crippen molar-refractivity contribution in [1.82, 2.24) is 5.32 Å². The van der Waals surface area contributed by atoms with Gasteiger partial charge in [-0.2, -0.15) is 11.8 Å². The number of benzene rings is 1. The molecule has 4 heteroatoms. The minimum atomic E-state index is -0.185. The van der Waals surface area contributed by atoms with Crippen LogP contribution in [0.3, 0.4) is 0 Å². The Morgan fingerprint density at radius 3 is 3.00 bits per heavy atom. The maximum atomic E-state index is 13.5. The number of ether oxygens (including phenoxy) is 1. The lowest BCUT2D eigenvalue weighted by Crippen LogP contribution is -2.44. The van der Waals surface area contributed by atoms with Crippen molar-refractivity contribution in [1.29, 1.82) is 0 Å². The summed E-state index contributed by atoms with van der Waals surface area (Å²) in [5.74, 6) is 1.70. The van der Waals surface area contributed by atoms with E-state index in [1.165, 1.54) is 6.07 Å². The van der Waals surface area contributed by atoms with Gasteiger partial charge >= 0.3 is 0 Å². The van der Waals surface area contributed by atoms with Gasteiger partial charge in [-0.3, -0.25) is 0 Å². The molecule has 0 bridgehead atoms. The maximum Gasteiger partial charge on any atom is 0.125 e. The largest absolute Gasteiger partial charge is 0.486 e. The molecule has 104 valence electrons. The number of nitrogens with one attached hydrogen (secondary N) is 1. The third-order valence-corrected chi connectivity index (χ3v) is 5.42. The van der Waals surface area contributed by atoms with E-state index in [0.29, 0.717) is 5.25 Å². The SMILES string of the molecule is CCNC1CC2(CSC(C)C2)Oc2ccc(F)cc21. The number of hydrogen-bond acceptors (Lipinski definition) is 3. The lowest BCUT2D eigenvalue weighted by atomic mass is 9.85. The predicted molar refractivity (Wildman–Crippen MR) is 77.3 cm³/mol. The van der Waals surface area contributed by atoms with Crippen molar-refractivity contribution in [3.8, 4) is 5.75 Å². The van der Waals surface area contributed by atoms with Gasteiger partial charge in [0.1, 0.15) is 17.2 Å². The van der Waals surface area contributed by atoms with Crippen LogP contribution in [-0.4, -0.2) is 23.1 Å². The first-order valence-electron chi connectivity index (χ1n) is 6.95. The Hall–Kier alpha value is -0.740. The zero-order valence-corrected chi connectivity index (χ0v) is 12.2. The molecule has 19 heavy (non-hydrogen) atoms. The third-order valence-electron chi connectivity index (χ3n) is 3.99. The van der Waals surface area contributed by atoms with Crippen molar-refractivity contribution >= 4 is 11.8 Å². The van der Waals surface area contributed by atoms with Crippen molar-refractivity contribution in [2.75, 3.05) is 12.3 Å². The molecule has 1 saturated heterocycles. The highest BCUT2D eigenvalue weighted by Crippen LogP contribution is 2.48. The Morgan fingerprint density at radius 2 is 2.32 bits per heavy atom. The molecule has 1 N–H and O–H groups in total. The van der Waals surface area contributed by atoms with Gasteiger partial charge in [-0.25, -0.2) is 4.39 Å². The van der Waals surface area contributed by atoms with Gasteiger partial charge in [-0.15, -0.1) is 0 Å². The Morgan fingerprint density at radius 1 is 1.47 bits per heavy atom. The average Bonchev–Trinajstić information content (AvgIpc) is 2.72. The van der Waals surface area contributed by atoms with Crippen molar-refractivity contribution in [2.24, 2.45) is 0 Å². The number of halogens is 1. The average molecular weight is 281 g/mol. The molecule has 1 aromatic carbocycles. The molecule has 3 unspecified atom stereocenters. The van der Waals surface area contributed by atoms with Crippen LogP contribution in [0.2, 0.25) is 0 Å². The fourth-order valence-corrected chi connectivity index (χ4v) is 4.52. The molecule has 2 aliphatic heterocycles. The molecule has 0 aromatic heterocycles. The minimum absolute atomic E-state index is 0.0677. The molecule has 0 aliphatic carbocycles. The first kappa shape index (κ1) is 13.3. The molecule has 2 heterocycles. The van der Waals surface area contributed by atoms with Crippen LogP contribution >= 0.6 is 11.8 Å².